The molecule has 5 N–H and O–H groups in total. The van der Waals surface area contributed by atoms with Crippen LogP contribution in [0.25, 0.3) is 27.6 Å². The van der Waals surface area contributed by atoms with Gasteiger partial charge in [0.25, 0.3) is 0 Å². The molecule has 1 unspecified atom stereocenters. The van der Waals surface area contributed by atoms with E-state index in [4.69, 9.17) is 16.6 Å². The summed E-state index contributed by atoms with van der Waals surface area (Å²) in [4.78, 5) is 7.58. The second-order valence-corrected chi connectivity index (χ2v) is 13.4. The summed E-state index contributed by atoms with van der Waals surface area (Å²) in [5.74, 6) is 7.37. The number of piperidine rings is 1. The number of hydrogen-bond acceptors (Lipinski definition) is 6. The molecule has 2 fully saturated rings. The first-order chi connectivity index (χ1) is 20.5. The summed E-state index contributed by atoms with van der Waals surface area (Å²) < 4.78 is 17.1. The molecule has 1 saturated heterocycles. The van der Waals surface area contributed by atoms with Gasteiger partial charge in [0.05, 0.1) is 33.9 Å². The van der Waals surface area contributed by atoms with Crippen molar-refractivity contribution < 1.29 is 9.50 Å². The summed E-state index contributed by atoms with van der Waals surface area (Å²) in [5, 5.41) is 13.5. The molecule has 2 aromatic carbocycles. The van der Waals surface area contributed by atoms with Crippen LogP contribution < -0.4 is 11.6 Å². The van der Waals surface area contributed by atoms with Crippen molar-refractivity contribution in [3.05, 3.63) is 82.9 Å². The van der Waals surface area contributed by atoms with E-state index in [1.165, 1.54) is 30.5 Å². The highest BCUT2D eigenvalue weighted by Crippen LogP contribution is 2.41. The number of rotatable bonds is 9. The number of benzene rings is 2. The van der Waals surface area contributed by atoms with Crippen LogP contribution in [-0.4, -0.2) is 51.2 Å². The van der Waals surface area contributed by atoms with E-state index in [9.17, 15) is 9.50 Å². The molecule has 228 valence electrons. The number of likely N-dealkylation sites (tertiary alicyclic amines) is 1. The fraction of sp³-hybridized carbons (Fsp3) is 0.457. The number of pyridine rings is 1. The van der Waals surface area contributed by atoms with Crippen molar-refractivity contribution in [2.45, 2.75) is 64.5 Å². The predicted molar refractivity (Wildman–Crippen MR) is 172 cm³/mol. The van der Waals surface area contributed by atoms with Gasteiger partial charge < -0.3 is 25.3 Å². The Bertz CT molecular complexity index is 1650. The quantitative estimate of drug-likeness (QED) is 0.162. The Morgan fingerprint density at radius 3 is 2.44 bits per heavy atom. The first-order valence-electron chi connectivity index (χ1n) is 15.6. The normalized spacial score (nSPS) is 18.3. The minimum Gasteiger partial charge on any atom is -0.401 e. The highest BCUT2D eigenvalue weighted by atomic mass is 19.1. The van der Waals surface area contributed by atoms with Crippen LogP contribution in [0.15, 0.2) is 60.4 Å². The molecule has 8 heteroatoms. The molecule has 0 bridgehead atoms. The number of aliphatic hydroxyl groups is 1. The largest absolute Gasteiger partial charge is 0.401 e. The highest BCUT2D eigenvalue weighted by molar-refractivity contribution is 6.06. The predicted octanol–water partition coefficient (Wildman–Crippen LogP) is 6.11. The van der Waals surface area contributed by atoms with Crippen molar-refractivity contribution in [2.75, 3.05) is 26.7 Å². The minimum atomic E-state index is -1.02. The maximum atomic E-state index is 14.8. The Morgan fingerprint density at radius 1 is 1.07 bits per heavy atom. The number of hydrazine groups is 1. The maximum absolute atomic E-state index is 14.8. The number of nitrogens with two attached hydrogens (primary N) is 2. The van der Waals surface area contributed by atoms with E-state index in [2.05, 4.69) is 21.6 Å². The molecule has 7 nitrogen and oxygen atoms in total. The minimum absolute atomic E-state index is 0.133. The molecule has 43 heavy (non-hydrogen) atoms. The van der Waals surface area contributed by atoms with Crippen LogP contribution in [0.3, 0.4) is 0 Å². The molecule has 6 rings (SSSR count). The topological polar surface area (TPSA) is 96.6 Å². The van der Waals surface area contributed by atoms with Gasteiger partial charge in [0.15, 0.2) is 0 Å². The third kappa shape index (κ3) is 6.14. The lowest BCUT2D eigenvalue weighted by molar-refractivity contribution is 0.0787. The van der Waals surface area contributed by atoms with Crippen molar-refractivity contribution in [3.8, 4) is 0 Å². The molecule has 1 atom stereocenters. The zero-order valence-corrected chi connectivity index (χ0v) is 25.9. The summed E-state index contributed by atoms with van der Waals surface area (Å²) in [6.45, 7) is 8.90. The second kappa shape index (κ2) is 11.6. The summed E-state index contributed by atoms with van der Waals surface area (Å²) >= 11 is 0. The van der Waals surface area contributed by atoms with E-state index in [0.29, 0.717) is 17.3 Å². The van der Waals surface area contributed by atoms with Crippen molar-refractivity contribution >= 4 is 27.6 Å². The van der Waals surface area contributed by atoms with Crippen LogP contribution in [0.1, 0.15) is 75.6 Å². The number of halogens is 1. The van der Waals surface area contributed by atoms with Gasteiger partial charge in [-0.1, -0.05) is 24.3 Å². The number of allylic oxidation sites excluding steroid dienone is 1. The summed E-state index contributed by atoms with van der Waals surface area (Å²) in [6.07, 6.45) is 7.71. The Hall–Kier alpha value is -3.46. The number of nitrogens with zero attached hydrogens (tertiary/aromatic N) is 4. The van der Waals surface area contributed by atoms with E-state index in [-0.39, 0.29) is 11.9 Å². The van der Waals surface area contributed by atoms with Crippen LogP contribution in [0.2, 0.25) is 0 Å². The van der Waals surface area contributed by atoms with Crippen molar-refractivity contribution in [1.82, 2.24) is 19.5 Å². The lowest BCUT2D eigenvalue weighted by atomic mass is 9.87. The fourth-order valence-corrected chi connectivity index (χ4v) is 6.95. The van der Waals surface area contributed by atoms with Crippen molar-refractivity contribution in [1.29, 1.82) is 0 Å². The number of fused-ring (bicyclic) bond motifs is 3. The SMILES string of the molecule is C/C(N)=C(\c1cnc2c3ccc(C(C)(C)O)cc3n(C(CC3CCN(CC4CC4)CC3)c3cccc(F)c3)c2c1)N(C)N. The van der Waals surface area contributed by atoms with Gasteiger partial charge in [-0.2, -0.15) is 0 Å². The second-order valence-electron chi connectivity index (χ2n) is 13.4. The van der Waals surface area contributed by atoms with Gasteiger partial charge in [0.2, 0.25) is 0 Å². The molecule has 0 spiro atoms. The molecular weight excluding hydrogens is 539 g/mol. The molecule has 1 aliphatic heterocycles. The van der Waals surface area contributed by atoms with Crippen LogP contribution in [0, 0.1) is 17.7 Å². The van der Waals surface area contributed by atoms with Crippen molar-refractivity contribution in [3.63, 3.8) is 0 Å². The number of aromatic nitrogens is 2. The average molecular weight is 585 g/mol. The Labute approximate surface area is 253 Å². The fourth-order valence-electron chi connectivity index (χ4n) is 6.95. The Morgan fingerprint density at radius 2 is 1.81 bits per heavy atom. The number of hydrogen-bond donors (Lipinski definition) is 3. The van der Waals surface area contributed by atoms with Crippen LogP contribution >= 0.6 is 0 Å². The van der Waals surface area contributed by atoms with Gasteiger partial charge in [0, 0.05) is 36.4 Å². The van der Waals surface area contributed by atoms with Crippen LogP contribution in [-0.2, 0) is 5.60 Å². The summed E-state index contributed by atoms with van der Waals surface area (Å²) in [6, 6.07) is 15.1. The van der Waals surface area contributed by atoms with Crippen LogP contribution in [0.4, 0.5) is 4.39 Å². The highest BCUT2D eigenvalue weighted by Gasteiger charge is 2.31. The molecule has 1 aliphatic carbocycles. The molecule has 3 heterocycles. The lowest BCUT2D eigenvalue weighted by Crippen LogP contribution is -2.35. The first-order valence-corrected chi connectivity index (χ1v) is 15.6. The molecular formula is C35H45FN6O. The van der Waals surface area contributed by atoms with E-state index >= 15 is 0 Å². The van der Waals surface area contributed by atoms with Gasteiger partial charge in [-0.15, -0.1) is 0 Å². The third-order valence-electron chi connectivity index (χ3n) is 9.37. The van der Waals surface area contributed by atoms with E-state index in [1.54, 1.807) is 33.0 Å². The van der Waals surface area contributed by atoms with Gasteiger partial charge in [-0.3, -0.25) is 4.98 Å². The zero-order chi connectivity index (χ0) is 30.5. The molecule has 0 amide bonds. The van der Waals surface area contributed by atoms with Gasteiger partial charge >= 0.3 is 0 Å². The van der Waals surface area contributed by atoms with Gasteiger partial charge in [0.1, 0.15) is 5.82 Å². The van der Waals surface area contributed by atoms with E-state index < -0.39 is 5.60 Å². The lowest BCUT2D eigenvalue weighted by Gasteiger charge is -2.34. The third-order valence-corrected chi connectivity index (χ3v) is 9.37. The molecule has 2 aromatic heterocycles. The maximum Gasteiger partial charge on any atom is 0.123 e. The molecule has 4 aromatic rings. The Kier molecular flexibility index (Phi) is 7.96. The zero-order valence-electron chi connectivity index (χ0n) is 25.9. The first kappa shape index (κ1) is 29.6. The van der Waals surface area contributed by atoms with Gasteiger partial charge in [-0.05, 0) is 113 Å². The van der Waals surface area contributed by atoms with Crippen molar-refractivity contribution in [2.24, 2.45) is 23.4 Å². The average Bonchev–Trinajstić information content (AvgIpc) is 3.71. The molecule has 1 saturated carbocycles. The summed E-state index contributed by atoms with van der Waals surface area (Å²) in [7, 11) is 1.77. The van der Waals surface area contributed by atoms with Gasteiger partial charge in [-0.25, -0.2) is 10.2 Å². The van der Waals surface area contributed by atoms with Crippen LogP contribution in [0.5, 0.6) is 0 Å². The molecule has 0 radical (unpaired) electrons. The standard InChI is InChI=1S/C35H45FN6O/c1-22(37)34(40(4)38)26-18-32-33(39-20-26)29-11-10-27(35(2,3)43)19-31(29)42(32)30(25-6-5-7-28(36)17-25)16-23-12-14-41(15-13-23)21-24-8-9-24/h5-7,10-11,17-20,23-24,30,43H,8-9,12-16,21,37-38H2,1-4H3/b34-22-. The Balaban J connectivity index is 1.53. The van der Waals surface area contributed by atoms with E-state index in [0.717, 1.165) is 76.9 Å². The van der Waals surface area contributed by atoms with E-state index in [1.807, 2.05) is 31.3 Å². The monoisotopic (exact) mass is 584 g/mol. The summed E-state index contributed by atoms with van der Waals surface area (Å²) in [5.41, 5.74) is 11.9. The molecule has 2 aliphatic rings. The smallest absolute Gasteiger partial charge is 0.123 e.